The fourth-order valence-corrected chi connectivity index (χ4v) is 4.25. The number of allylic oxidation sites excluding steroid dienone is 3. The molecule has 22 heavy (non-hydrogen) atoms. The summed E-state index contributed by atoms with van der Waals surface area (Å²) in [6.45, 7) is 7.28. The van der Waals surface area contributed by atoms with Crippen LogP contribution in [0.4, 0.5) is 0 Å². The molecule has 2 nitrogen and oxygen atoms in total. The molecule has 2 aromatic rings. The van der Waals surface area contributed by atoms with Crippen LogP contribution in [0.3, 0.4) is 0 Å². The van der Waals surface area contributed by atoms with Gasteiger partial charge in [0.25, 0.3) is 0 Å². The number of rotatable bonds is 6. The summed E-state index contributed by atoms with van der Waals surface area (Å²) in [6.07, 6.45) is 3.48. The Kier molecular flexibility index (Phi) is 5.13. The van der Waals surface area contributed by atoms with Crippen LogP contribution in [0, 0.1) is 0 Å². The van der Waals surface area contributed by atoms with Crippen molar-refractivity contribution in [1.29, 1.82) is 0 Å². The first-order valence-electron chi connectivity index (χ1n) is 7.72. The maximum Gasteiger partial charge on any atom is 0.0363 e. The third kappa shape index (κ3) is 3.69. The molecule has 0 bridgehead atoms. The summed E-state index contributed by atoms with van der Waals surface area (Å²) >= 11 is 3.70. The van der Waals surface area contributed by atoms with E-state index in [-0.39, 0.29) is 0 Å². The SMILES string of the molecule is CCC1=CC(c2ccc(CNCc3cccs3)s2)=C(C)NC1. The van der Waals surface area contributed by atoms with E-state index in [0.29, 0.717) is 0 Å². The van der Waals surface area contributed by atoms with Crippen molar-refractivity contribution >= 4 is 28.2 Å². The van der Waals surface area contributed by atoms with Gasteiger partial charge in [-0.05, 0) is 36.9 Å². The standard InChI is InChI=1S/C18H22N2S2/c1-3-14-9-17(13(2)20-10-14)18-7-6-16(22-18)12-19-11-15-5-4-8-21-15/h4-9,19-20H,3,10-12H2,1-2H3. The Balaban J connectivity index is 1.64. The maximum absolute atomic E-state index is 3.53. The van der Waals surface area contributed by atoms with E-state index < -0.39 is 0 Å². The Labute approximate surface area is 140 Å². The molecule has 0 amide bonds. The molecule has 1 aliphatic rings. The molecule has 0 saturated heterocycles. The minimum absolute atomic E-state index is 0.937. The van der Waals surface area contributed by atoms with Crippen LogP contribution in [0.25, 0.3) is 5.57 Å². The molecule has 3 heterocycles. The zero-order chi connectivity index (χ0) is 15.4. The highest BCUT2D eigenvalue weighted by Gasteiger charge is 2.12. The van der Waals surface area contributed by atoms with Crippen molar-refractivity contribution in [2.45, 2.75) is 33.4 Å². The van der Waals surface area contributed by atoms with Gasteiger partial charge in [0.05, 0.1) is 0 Å². The largest absolute Gasteiger partial charge is 0.384 e. The van der Waals surface area contributed by atoms with Crippen molar-refractivity contribution in [2.75, 3.05) is 6.54 Å². The highest BCUT2D eigenvalue weighted by Crippen LogP contribution is 2.30. The van der Waals surface area contributed by atoms with Gasteiger partial charge in [-0.1, -0.05) is 24.6 Å². The number of hydrogen-bond acceptors (Lipinski definition) is 4. The molecule has 0 unspecified atom stereocenters. The molecule has 2 N–H and O–H groups in total. The van der Waals surface area contributed by atoms with Crippen molar-refractivity contribution in [3.8, 4) is 0 Å². The van der Waals surface area contributed by atoms with E-state index in [1.54, 1.807) is 11.3 Å². The van der Waals surface area contributed by atoms with Gasteiger partial charge >= 0.3 is 0 Å². The lowest BCUT2D eigenvalue weighted by molar-refractivity contribution is 0.709. The van der Waals surface area contributed by atoms with Gasteiger partial charge in [0.1, 0.15) is 0 Å². The van der Waals surface area contributed by atoms with E-state index in [4.69, 9.17) is 0 Å². The van der Waals surface area contributed by atoms with Crippen LogP contribution >= 0.6 is 22.7 Å². The number of dihydropyridines is 1. The third-order valence-corrected chi connectivity index (χ3v) is 5.89. The van der Waals surface area contributed by atoms with Crippen molar-refractivity contribution < 1.29 is 0 Å². The van der Waals surface area contributed by atoms with Crippen LogP contribution in [0.5, 0.6) is 0 Å². The Bertz CT molecular complexity index is 678. The Morgan fingerprint density at radius 2 is 2.05 bits per heavy atom. The molecular weight excluding hydrogens is 308 g/mol. The molecule has 116 valence electrons. The van der Waals surface area contributed by atoms with Crippen molar-refractivity contribution in [3.63, 3.8) is 0 Å². The second-order valence-electron chi connectivity index (χ2n) is 5.50. The fraction of sp³-hybridized carbons (Fsp3) is 0.333. The predicted octanol–water partition coefficient (Wildman–Crippen LogP) is 4.77. The lowest BCUT2D eigenvalue weighted by Crippen LogP contribution is -2.19. The van der Waals surface area contributed by atoms with Gasteiger partial charge < -0.3 is 10.6 Å². The van der Waals surface area contributed by atoms with Crippen molar-refractivity contribution in [3.05, 3.63) is 61.6 Å². The molecule has 0 aliphatic carbocycles. The topological polar surface area (TPSA) is 24.1 Å². The number of nitrogens with one attached hydrogen (secondary N) is 2. The van der Waals surface area contributed by atoms with Gasteiger partial charge in [-0.25, -0.2) is 0 Å². The monoisotopic (exact) mass is 330 g/mol. The summed E-state index contributed by atoms with van der Waals surface area (Å²) in [6, 6.07) is 8.78. The second kappa shape index (κ2) is 7.27. The van der Waals surface area contributed by atoms with Crippen LogP contribution in [-0.4, -0.2) is 6.54 Å². The minimum Gasteiger partial charge on any atom is -0.384 e. The van der Waals surface area contributed by atoms with Crippen molar-refractivity contribution in [2.24, 2.45) is 0 Å². The average Bonchev–Trinajstić information content (AvgIpc) is 3.20. The van der Waals surface area contributed by atoms with E-state index in [9.17, 15) is 0 Å². The second-order valence-corrected chi connectivity index (χ2v) is 7.70. The fourth-order valence-electron chi connectivity index (χ4n) is 2.53. The summed E-state index contributed by atoms with van der Waals surface area (Å²) < 4.78 is 0. The van der Waals surface area contributed by atoms with E-state index in [2.05, 4.69) is 60.2 Å². The molecule has 0 spiro atoms. The van der Waals surface area contributed by atoms with Gasteiger partial charge in [0.2, 0.25) is 0 Å². The van der Waals surface area contributed by atoms with Crippen LogP contribution in [0.2, 0.25) is 0 Å². The van der Waals surface area contributed by atoms with Crippen LogP contribution in [-0.2, 0) is 13.1 Å². The van der Waals surface area contributed by atoms with Crippen LogP contribution in [0.15, 0.2) is 47.0 Å². The number of thiophene rings is 2. The highest BCUT2D eigenvalue weighted by atomic mass is 32.1. The smallest absolute Gasteiger partial charge is 0.0363 e. The molecule has 0 atom stereocenters. The summed E-state index contributed by atoms with van der Waals surface area (Å²) in [7, 11) is 0. The summed E-state index contributed by atoms with van der Waals surface area (Å²) in [5, 5.41) is 9.16. The van der Waals surface area contributed by atoms with Crippen molar-refractivity contribution in [1.82, 2.24) is 10.6 Å². The molecule has 4 heteroatoms. The number of hydrogen-bond donors (Lipinski definition) is 2. The van der Waals surface area contributed by atoms with E-state index >= 15 is 0 Å². The van der Waals surface area contributed by atoms with Gasteiger partial charge in [-0.2, -0.15) is 0 Å². The highest BCUT2D eigenvalue weighted by molar-refractivity contribution is 7.13. The summed E-state index contributed by atoms with van der Waals surface area (Å²) in [5.41, 5.74) is 4.13. The molecule has 0 aromatic carbocycles. The Morgan fingerprint density at radius 3 is 2.82 bits per heavy atom. The van der Waals surface area contributed by atoms with Crippen LogP contribution in [0.1, 0.15) is 34.9 Å². The zero-order valence-corrected chi connectivity index (χ0v) is 14.7. The van der Waals surface area contributed by atoms with Gasteiger partial charge in [0, 0.05) is 45.5 Å². The molecule has 2 aromatic heterocycles. The molecular formula is C18H22N2S2. The third-order valence-electron chi connectivity index (χ3n) is 3.89. The normalized spacial score (nSPS) is 14.9. The lowest BCUT2D eigenvalue weighted by Gasteiger charge is -2.18. The first-order valence-corrected chi connectivity index (χ1v) is 9.42. The molecule has 0 radical (unpaired) electrons. The first-order chi connectivity index (χ1) is 10.8. The van der Waals surface area contributed by atoms with E-state index in [1.807, 2.05) is 11.3 Å². The Morgan fingerprint density at radius 1 is 1.18 bits per heavy atom. The lowest BCUT2D eigenvalue weighted by atomic mass is 10.0. The summed E-state index contributed by atoms with van der Waals surface area (Å²) in [5.74, 6) is 0. The molecule has 3 rings (SSSR count). The molecule has 1 aliphatic heterocycles. The quantitative estimate of drug-likeness (QED) is 0.797. The minimum atomic E-state index is 0.937. The molecule has 0 fully saturated rings. The molecule has 0 saturated carbocycles. The first kappa shape index (κ1) is 15.5. The predicted molar refractivity (Wildman–Crippen MR) is 98.2 cm³/mol. The van der Waals surface area contributed by atoms with Gasteiger partial charge in [-0.3, -0.25) is 0 Å². The van der Waals surface area contributed by atoms with Gasteiger partial charge in [0.15, 0.2) is 0 Å². The maximum atomic E-state index is 3.53. The summed E-state index contributed by atoms with van der Waals surface area (Å²) in [4.78, 5) is 4.15. The van der Waals surface area contributed by atoms with E-state index in [1.165, 1.54) is 31.5 Å². The Hall–Kier alpha value is -1.36. The average molecular weight is 331 g/mol. The zero-order valence-electron chi connectivity index (χ0n) is 13.1. The van der Waals surface area contributed by atoms with Crippen LogP contribution < -0.4 is 10.6 Å². The van der Waals surface area contributed by atoms with Gasteiger partial charge in [-0.15, -0.1) is 22.7 Å². The van der Waals surface area contributed by atoms with E-state index in [0.717, 1.165) is 26.1 Å².